The van der Waals surface area contributed by atoms with Gasteiger partial charge in [-0.1, -0.05) is 11.6 Å². The summed E-state index contributed by atoms with van der Waals surface area (Å²) >= 11 is 5.99. The standard InChI is InChI=1S/C16H22ClN3O3.ClH/c1-16(2,3)20-8-9(5-14(20)21)19-15(22)10-6-11(17)12(18)7-13(10)23-4;/h6-7,9H,5,8,18H2,1-4H3,(H,19,22);1H. The van der Waals surface area contributed by atoms with Gasteiger partial charge in [-0.3, -0.25) is 9.59 Å². The number of halogens is 2. The van der Waals surface area contributed by atoms with Crippen LogP contribution in [-0.2, 0) is 4.79 Å². The smallest absolute Gasteiger partial charge is 0.255 e. The van der Waals surface area contributed by atoms with E-state index < -0.39 is 0 Å². The lowest BCUT2D eigenvalue weighted by Gasteiger charge is -2.32. The summed E-state index contributed by atoms with van der Waals surface area (Å²) in [7, 11) is 1.46. The highest BCUT2D eigenvalue weighted by Crippen LogP contribution is 2.29. The van der Waals surface area contributed by atoms with Gasteiger partial charge in [-0.15, -0.1) is 12.4 Å². The Kier molecular flexibility index (Phi) is 6.36. The molecule has 1 atom stereocenters. The number of anilines is 1. The molecule has 1 saturated heterocycles. The summed E-state index contributed by atoms with van der Waals surface area (Å²) < 4.78 is 5.19. The van der Waals surface area contributed by atoms with Crippen molar-refractivity contribution in [2.75, 3.05) is 19.4 Å². The number of carbonyl (C=O) groups excluding carboxylic acids is 2. The third-order valence-corrected chi connectivity index (χ3v) is 4.16. The number of rotatable bonds is 3. The molecule has 6 nitrogen and oxygen atoms in total. The van der Waals surface area contributed by atoms with Crippen LogP contribution < -0.4 is 15.8 Å². The Morgan fingerprint density at radius 2 is 2.04 bits per heavy atom. The van der Waals surface area contributed by atoms with Gasteiger partial charge in [0.15, 0.2) is 0 Å². The maximum atomic E-state index is 12.5. The van der Waals surface area contributed by atoms with Crippen molar-refractivity contribution in [3.8, 4) is 5.75 Å². The zero-order valence-corrected chi connectivity index (χ0v) is 15.8. The van der Waals surface area contributed by atoms with E-state index >= 15 is 0 Å². The average Bonchev–Trinajstić information content (AvgIpc) is 2.82. The molecule has 1 heterocycles. The molecule has 1 aromatic rings. The van der Waals surface area contributed by atoms with Gasteiger partial charge in [-0.05, 0) is 26.8 Å². The van der Waals surface area contributed by atoms with E-state index in [0.717, 1.165) is 0 Å². The van der Waals surface area contributed by atoms with Crippen molar-refractivity contribution in [2.24, 2.45) is 0 Å². The second-order valence-electron chi connectivity index (χ2n) is 6.62. The van der Waals surface area contributed by atoms with Gasteiger partial charge in [-0.2, -0.15) is 0 Å². The fourth-order valence-corrected chi connectivity index (χ4v) is 2.79. The van der Waals surface area contributed by atoms with E-state index in [0.29, 0.717) is 23.5 Å². The van der Waals surface area contributed by atoms with Crippen LogP contribution in [0.2, 0.25) is 5.02 Å². The SMILES string of the molecule is COc1cc(N)c(Cl)cc1C(=O)NC1CC(=O)N(C(C)(C)C)C1.Cl. The van der Waals surface area contributed by atoms with Crippen LogP contribution in [0.15, 0.2) is 12.1 Å². The summed E-state index contributed by atoms with van der Waals surface area (Å²) in [4.78, 5) is 26.3. The minimum Gasteiger partial charge on any atom is -0.496 e. The molecular formula is C16H23Cl2N3O3. The summed E-state index contributed by atoms with van der Waals surface area (Å²) in [6, 6.07) is 2.75. The number of carbonyl (C=O) groups is 2. The van der Waals surface area contributed by atoms with Crippen molar-refractivity contribution in [1.29, 1.82) is 0 Å². The fourth-order valence-electron chi connectivity index (χ4n) is 2.63. The van der Waals surface area contributed by atoms with E-state index in [-0.39, 0.29) is 47.2 Å². The van der Waals surface area contributed by atoms with Crippen LogP contribution in [0.25, 0.3) is 0 Å². The van der Waals surface area contributed by atoms with Crippen molar-refractivity contribution in [3.05, 3.63) is 22.7 Å². The Morgan fingerprint density at radius 1 is 1.42 bits per heavy atom. The highest BCUT2D eigenvalue weighted by molar-refractivity contribution is 6.33. The number of benzene rings is 1. The van der Waals surface area contributed by atoms with Crippen molar-refractivity contribution in [2.45, 2.75) is 38.8 Å². The molecular weight excluding hydrogens is 353 g/mol. The van der Waals surface area contributed by atoms with Gasteiger partial charge < -0.3 is 20.7 Å². The molecule has 2 amide bonds. The molecule has 24 heavy (non-hydrogen) atoms. The molecule has 1 fully saturated rings. The Labute approximate surface area is 153 Å². The number of nitrogens with two attached hydrogens (primary N) is 1. The van der Waals surface area contributed by atoms with E-state index in [1.54, 1.807) is 4.90 Å². The summed E-state index contributed by atoms with van der Waals surface area (Å²) in [5.74, 6) is 0.0452. The normalized spacial score (nSPS) is 17.5. The lowest BCUT2D eigenvalue weighted by atomic mass is 10.1. The maximum absolute atomic E-state index is 12.5. The van der Waals surface area contributed by atoms with Gasteiger partial charge in [0.05, 0.1) is 29.4 Å². The topological polar surface area (TPSA) is 84.7 Å². The molecule has 0 saturated carbocycles. The van der Waals surface area contributed by atoms with Crippen LogP contribution >= 0.6 is 24.0 Å². The number of hydrogen-bond donors (Lipinski definition) is 2. The largest absolute Gasteiger partial charge is 0.496 e. The van der Waals surface area contributed by atoms with E-state index in [1.165, 1.54) is 19.2 Å². The zero-order valence-electron chi connectivity index (χ0n) is 14.2. The molecule has 1 aromatic carbocycles. The second kappa shape index (κ2) is 7.49. The van der Waals surface area contributed by atoms with Crippen molar-refractivity contribution in [1.82, 2.24) is 10.2 Å². The van der Waals surface area contributed by atoms with Gasteiger partial charge in [0.2, 0.25) is 5.91 Å². The summed E-state index contributed by atoms with van der Waals surface area (Å²) in [5.41, 5.74) is 6.10. The molecule has 0 spiro atoms. The third kappa shape index (κ3) is 4.24. The predicted octanol–water partition coefficient (Wildman–Crippen LogP) is 2.48. The molecule has 3 N–H and O–H groups in total. The minimum absolute atomic E-state index is 0. The summed E-state index contributed by atoms with van der Waals surface area (Å²) in [6.07, 6.45) is 0.286. The molecule has 0 bridgehead atoms. The maximum Gasteiger partial charge on any atom is 0.255 e. The quantitative estimate of drug-likeness (QED) is 0.794. The van der Waals surface area contributed by atoms with Crippen LogP contribution in [-0.4, -0.2) is 41.9 Å². The lowest BCUT2D eigenvalue weighted by Crippen LogP contribution is -2.44. The van der Waals surface area contributed by atoms with Gasteiger partial charge >= 0.3 is 0 Å². The first-order valence-electron chi connectivity index (χ1n) is 7.38. The molecule has 1 unspecified atom stereocenters. The van der Waals surface area contributed by atoms with Crippen LogP contribution in [0.5, 0.6) is 5.75 Å². The van der Waals surface area contributed by atoms with Gasteiger partial charge in [0.25, 0.3) is 5.91 Å². The van der Waals surface area contributed by atoms with Crippen molar-refractivity contribution in [3.63, 3.8) is 0 Å². The second-order valence-corrected chi connectivity index (χ2v) is 7.03. The summed E-state index contributed by atoms with van der Waals surface area (Å²) in [5, 5.41) is 3.15. The molecule has 0 aliphatic carbocycles. The van der Waals surface area contributed by atoms with E-state index in [1.807, 2.05) is 20.8 Å². The minimum atomic E-state index is -0.336. The van der Waals surface area contributed by atoms with Crippen LogP contribution in [0.1, 0.15) is 37.6 Å². The number of hydrogen-bond acceptors (Lipinski definition) is 4. The number of nitrogen functional groups attached to an aromatic ring is 1. The molecule has 2 rings (SSSR count). The Hall–Kier alpha value is -1.66. The van der Waals surface area contributed by atoms with Crippen LogP contribution in [0.4, 0.5) is 5.69 Å². The number of ether oxygens (including phenoxy) is 1. The zero-order chi connectivity index (χ0) is 17.4. The Balaban J connectivity index is 0.00000288. The van der Waals surface area contributed by atoms with Gasteiger partial charge in [0, 0.05) is 24.6 Å². The highest BCUT2D eigenvalue weighted by Gasteiger charge is 2.37. The molecule has 0 radical (unpaired) electrons. The Morgan fingerprint density at radius 3 is 2.54 bits per heavy atom. The van der Waals surface area contributed by atoms with Gasteiger partial charge in [0.1, 0.15) is 5.75 Å². The average molecular weight is 376 g/mol. The third-order valence-electron chi connectivity index (χ3n) is 3.83. The number of amides is 2. The summed E-state index contributed by atoms with van der Waals surface area (Å²) in [6.45, 7) is 6.40. The number of methoxy groups -OCH3 is 1. The highest BCUT2D eigenvalue weighted by atomic mass is 35.5. The van der Waals surface area contributed by atoms with E-state index in [2.05, 4.69) is 5.32 Å². The Bertz CT molecular complexity index is 644. The molecule has 0 aromatic heterocycles. The number of likely N-dealkylation sites (tertiary alicyclic amines) is 1. The van der Waals surface area contributed by atoms with Crippen LogP contribution in [0, 0.1) is 0 Å². The first-order valence-corrected chi connectivity index (χ1v) is 7.75. The molecule has 1 aliphatic rings. The molecule has 8 heteroatoms. The van der Waals surface area contributed by atoms with Crippen molar-refractivity contribution < 1.29 is 14.3 Å². The number of nitrogens with zero attached hydrogens (tertiary/aromatic N) is 1. The first kappa shape index (κ1) is 20.4. The van der Waals surface area contributed by atoms with Crippen molar-refractivity contribution >= 4 is 41.5 Å². The fraction of sp³-hybridized carbons (Fsp3) is 0.500. The molecule has 134 valence electrons. The van der Waals surface area contributed by atoms with E-state index in [4.69, 9.17) is 22.1 Å². The predicted molar refractivity (Wildman–Crippen MR) is 97.0 cm³/mol. The van der Waals surface area contributed by atoms with E-state index in [9.17, 15) is 9.59 Å². The first-order chi connectivity index (χ1) is 10.6. The number of nitrogens with one attached hydrogen (secondary N) is 1. The van der Waals surface area contributed by atoms with Crippen LogP contribution in [0.3, 0.4) is 0 Å². The lowest BCUT2D eigenvalue weighted by molar-refractivity contribution is -0.131. The van der Waals surface area contributed by atoms with Gasteiger partial charge in [-0.25, -0.2) is 0 Å². The monoisotopic (exact) mass is 375 g/mol. The molecule has 1 aliphatic heterocycles.